The van der Waals surface area contributed by atoms with Crippen molar-refractivity contribution < 1.29 is 4.74 Å². The molecule has 1 fully saturated rings. The summed E-state index contributed by atoms with van der Waals surface area (Å²) in [5.74, 6) is 0. The number of halogens is 1. The Morgan fingerprint density at radius 2 is 2.29 bits per heavy atom. The Kier molecular flexibility index (Phi) is 4.07. The first kappa shape index (κ1) is 12.9. The lowest BCUT2D eigenvalue weighted by molar-refractivity contribution is 0.0409. The van der Waals surface area contributed by atoms with E-state index in [4.69, 9.17) is 22.1 Å². The number of ether oxygens (including phenoxy) is 1. The van der Waals surface area contributed by atoms with E-state index in [0.29, 0.717) is 12.6 Å². The first-order valence-corrected chi connectivity index (χ1v) is 6.58. The lowest BCUT2D eigenvalue weighted by Gasteiger charge is -2.12. The number of hydrogen-bond donors (Lipinski definition) is 1. The van der Waals surface area contributed by atoms with Crippen LogP contribution < -0.4 is 5.73 Å². The van der Waals surface area contributed by atoms with Crippen LogP contribution in [-0.2, 0) is 17.9 Å². The predicted molar refractivity (Wildman–Crippen MR) is 68.1 cm³/mol. The van der Waals surface area contributed by atoms with Crippen LogP contribution in [0.25, 0.3) is 0 Å². The maximum atomic E-state index is 6.22. The van der Waals surface area contributed by atoms with E-state index in [1.54, 1.807) is 0 Å². The van der Waals surface area contributed by atoms with Gasteiger partial charge >= 0.3 is 0 Å². The van der Waals surface area contributed by atoms with Crippen LogP contribution in [0.1, 0.15) is 37.6 Å². The number of nitrogens with two attached hydrogens (primary N) is 1. The number of nitrogens with zero attached hydrogens (tertiary/aromatic N) is 2. The zero-order valence-corrected chi connectivity index (χ0v) is 11.2. The van der Waals surface area contributed by atoms with Crippen LogP contribution >= 0.6 is 11.6 Å². The van der Waals surface area contributed by atoms with Crippen molar-refractivity contribution in [2.45, 2.75) is 58.4 Å². The molecule has 5 heteroatoms. The predicted octanol–water partition coefficient (Wildman–Crippen LogP) is 2.26. The van der Waals surface area contributed by atoms with Crippen molar-refractivity contribution >= 4 is 11.6 Å². The molecule has 1 aliphatic carbocycles. The maximum absolute atomic E-state index is 6.22. The maximum Gasteiger partial charge on any atom is 0.0903 e. The van der Waals surface area contributed by atoms with Crippen LogP contribution in [0, 0.1) is 6.92 Å². The molecule has 1 aliphatic rings. The van der Waals surface area contributed by atoms with Crippen molar-refractivity contribution in [3.63, 3.8) is 0 Å². The summed E-state index contributed by atoms with van der Waals surface area (Å²) in [6.45, 7) is 5.32. The third kappa shape index (κ3) is 2.81. The highest BCUT2D eigenvalue weighted by Crippen LogP contribution is 2.25. The van der Waals surface area contributed by atoms with Crippen molar-refractivity contribution in [2.24, 2.45) is 5.73 Å². The fourth-order valence-electron chi connectivity index (χ4n) is 2.33. The molecule has 2 rings (SSSR count). The van der Waals surface area contributed by atoms with Crippen molar-refractivity contribution in [1.29, 1.82) is 0 Å². The van der Waals surface area contributed by atoms with E-state index in [0.717, 1.165) is 42.2 Å². The summed E-state index contributed by atoms with van der Waals surface area (Å²) in [6, 6.07) is 0.299. The van der Waals surface area contributed by atoms with E-state index in [2.05, 4.69) is 12.0 Å². The summed E-state index contributed by atoms with van der Waals surface area (Å²) in [6.07, 6.45) is 3.35. The van der Waals surface area contributed by atoms with Gasteiger partial charge in [0.15, 0.2) is 0 Å². The summed E-state index contributed by atoms with van der Waals surface area (Å²) >= 11 is 6.22. The lowest BCUT2D eigenvalue weighted by Crippen LogP contribution is -2.18. The fraction of sp³-hybridized carbons (Fsp3) is 0.750. The second-order valence-electron chi connectivity index (χ2n) is 4.67. The number of hydrogen-bond acceptors (Lipinski definition) is 3. The highest BCUT2D eigenvalue weighted by Gasteiger charge is 2.23. The zero-order chi connectivity index (χ0) is 12.4. The topological polar surface area (TPSA) is 53.1 Å². The number of aryl methyl sites for hydroxylation is 2. The largest absolute Gasteiger partial charge is 0.372 e. The standard InChI is InChI=1S/C12H20ClN3O/c1-3-16-11(12(13)8(2)15-16)7-17-10-5-4-9(14)6-10/h9-10H,3-7,14H2,1-2H3. The van der Waals surface area contributed by atoms with Crippen molar-refractivity contribution in [2.75, 3.05) is 0 Å². The summed E-state index contributed by atoms with van der Waals surface area (Å²) in [4.78, 5) is 0. The highest BCUT2D eigenvalue weighted by molar-refractivity contribution is 6.31. The van der Waals surface area contributed by atoms with Crippen LogP contribution in [0.5, 0.6) is 0 Å². The van der Waals surface area contributed by atoms with E-state index in [1.807, 2.05) is 11.6 Å². The first-order valence-electron chi connectivity index (χ1n) is 6.20. The van der Waals surface area contributed by atoms with E-state index in [9.17, 15) is 0 Å². The van der Waals surface area contributed by atoms with E-state index in [-0.39, 0.29) is 6.10 Å². The Morgan fingerprint density at radius 3 is 2.88 bits per heavy atom. The Hall–Kier alpha value is -0.580. The van der Waals surface area contributed by atoms with Gasteiger partial charge in [-0.2, -0.15) is 5.10 Å². The molecule has 4 nitrogen and oxygen atoms in total. The monoisotopic (exact) mass is 257 g/mol. The molecule has 0 aromatic carbocycles. The average Bonchev–Trinajstić information content (AvgIpc) is 2.83. The normalized spacial score (nSPS) is 24.5. The second-order valence-corrected chi connectivity index (χ2v) is 5.05. The van der Waals surface area contributed by atoms with Gasteiger partial charge in [-0.15, -0.1) is 0 Å². The minimum absolute atomic E-state index is 0.279. The summed E-state index contributed by atoms with van der Waals surface area (Å²) in [7, 11) is 0. The molecule has 96 valence electrons. The summed E-state index contributed by atoms with van der Waals surface area (Å²) in [5, 5.41) is 5.10. The highest BCUT2D eigenvalue weighted by atomic mass is 35.5. The molecule has 2 unspecified atom stereocenters. The van der Waals surface area contributed by atoms with Crippen molar-refractivity contribution in [3.05, 3.63) is 16.4 Å². The molecule has 0 saturated heterocycles. The third-order valence-corrected chi connectivity index (χ3v) is 3.83. The molecule has 0 aliphatic heterocycles. The van der Waals surface area contributed by atoms with Gasteiger partial charge in [0, 0.05) is 12.6 Å². The van der Waals surface area contributed by atoms with Gasteiger partial charge in [0.25, 0.3) is 0 Å². The Labute approximate surface area is 107 Å². The first-order chi connectivity index (χ1) is 8.11. The molecule has 0 bridgehead atoms. The van der Waals surface area contributed by atoms with Gasteiger partial charge in [0.1, 0.15) is 0 Å². The van der Waals surface area contributed by atoms with Gasteiger partial charge in [-0.25, -0.2) is 0 Å². The van der Waals surface area contributed by atoms with Crippen LogP contribution in [0.4, 0.5) is 0 Å². The number of rotatable bonds is 4. The van der Waals surface area contributed by atoms with Crippen LogP contribution in [0.3, 0.4) is 0 Å². The van der Waals surface area contributed by atoms with Crippen molar-refractivity contribution in [1.82, 2.24) is 9.78 Å². The van der Waals surface area contributed by atoms with Gasteiger partial charge in [-0.1, -0.05) is 11.6 Å². The van der Waals surface area contributed by atoms with Crippen LogP contribution in [-0.4, -0.2) is 21.9 Å². The minimum Gasteiger partial charge on any atom is -0.372 e. The molecule has 17 heavy (non-hydrogen) atoms. The van der Waals surface area contributed by atoms with Crippen molar-refractivity contribution in [3.8, 4) is 0 Å². The molecule has 2 atom stereocenters. The molecule has 1 aromatic heterocycles. The molecular formula is C12H20ClN3O. The SMILES string of the molecule is CCn1nc(C)c(Cl)c1COC1CCC(N)C1. The Balaban J connectivity index is 1.98. The van der Waals surface area contributed by atoms with E-state index in [1.165, 1.54) is 0 Å². The van der Waals surface area contributed by atoms with Gasteiger partial charge in [0.05, 0.1) is 29.1 Å². The van der Waals surface area contributed by atoms with Gasteiger partial charge < -0.3 is 10.5 Å². The van der Waals surface area contributed by atoms with Gasteiger partial charge in [0.2, 0.25) is 0 Å². The number of aromatic nitrogens is 2. The minimum atomic E-state index is 0.279. The average molecular weight is 258 g/mol. The Bertz CT molecular complexity index is 391. The molecule has 1 saturated carbocycles. The summed E-state index contributed by atoms with van der Waals surface area (Å²) in [5.41, 5.74) is 7.71. The van der Waals surface area contributed by atoms with E-state index < -0.39 is 0 Å². The van der Waals surface area contributed by atoms with Gasteiger partial charge in [-0.3, -0.25) is 4.68 Å². The third-order valence-electron chi connectivity index (χ3n) is 3.33. The van der Waals surface area contributed by atoms with Crippen LogP contribution in [0.2, 0.25) is 5.02 Å². The van der Waals surface area contributed by atoms with Gasteiger partial charge in [-0.05, 0) is 33.1 Å². The molecule has 2 N–H and O–H groups in total. The molecule has 1 aromatic rings. The Morgan fingerprint density at radius 1 is 1.53 bits per heavy atom. The molecule has 0 spiro atoms. The molecule has 0 radical (unpaired) electrons. The smallest absolute Gasteiger partial charge is 0.0903 e. The van der Waals surface area contributed by atoms with E-state index >= 15 is 0 Å². The zero-order valence-electron chi connectivity index (χ0n) is 10.4. The molecular weight excluding hydrogens is 238 g/mol. The molecule has 1 heterocycles. The fourth-order valence-corrected chi connectivity index (χ4v) is 2.52. The second kappa shape index (κ2) is 5.38. The molecule has 0 amide bonds. The summed E-state index contributed by atoms with van der Waals surface area (Å²) < 4.78 is 7.78. The quantitative estimate of drug-likeness (QED) is 0.900. The lowest BCUT2D eigenvalue weighted by atomic mass is 10.3. The van der Waals surface area contributed by atoms with Crippen LogP contribution in [0.15, 0.2) is 0 Å².